The van der Waals surface area contributed by atoms with E-state index in [4.69, 9.17) is 33.7 Å². The third-order valence-electron chi connectivity index (χ3n) is 9.32. The predicted octanol–water partition coefficient (Wildman–Crippen LogP) is 7.02. The molecular weight excluding hydrogens is 670 g/mol. The number of halogens is 5. The van der Waals surface area contributed by atoms with Gasteiger partial charge in [-0.2, -0.15) is 28.2 Å². The molecule has 0 bridgehead atoms. The summed E-state index contributed by atoms with van der Waals surface area (Å²) in [6.45, 7) is 4.79. The van der Waals surface area contributed by atoms with Crippen molar-refractivity contribution in [2.45, 2.75) is 63.9 Å². The van der Waals surface area contributed by atoms with Crippen molar-refractivity contribution in [3.8, 4) is 22.7 Å². The number of nitrogens with two attached hydrogens (primary N) is 1. The van der Waals surface area contributed by atoms with Crippen molar-refractivity contribution in [3.63, 3.8) is 0 Å². The number of carboxylic acids is 1. The Morgan fingerprint density at radius 2 is 1.81 bits per heavy atom. The number of hydrogen-bond donors (Lipinski definition) is 3. The lowest BCUT2D eigenvalue weighted by atomic mass is 9.71. The van der Waals surface area contributed by atoms with E-state index in [0.717, 1.165) is 6.42 Å². The van der Waals surface area contributed by atoms with Gasteiger partial charge in [0.05, 0.1) is 21.4 Å². The maximum atomic E-state index is 15.0. The van der Waals surface area contributed by atoms with Gasteiger partial charge in [0.1, 0.15) is 11.9 Å². The Balaban J connectivity index is 1.33. The van der Waals surface area contributed by atoms with Crippen LogP contribution in [0.3, 0.4) is 0 Å². The molecule has 2 aromatic carbocycles. The summed E-state index contributed by atoms with van der Waals surface area (Å²) in [7, 11) is 0. The summed E-state index contributed by atoms with van der Waals surface area (Å²) in [5, 5.41) is 17.8. The average molecular weight is 705 g/mol. The first-order chi connectivity index (χ1) is 22.8. The molecule has 254 valence electrons. The van der Waals surface area contributed by atoms with E-state index in [9.17, 15) is 9.90 Å². The molecular formula is C33H34Cl2F3N7O3. The highest BCUT2D eigenvalue weighted by Gasteiger charge is 2.50. The molecule has 2 fully saturated rings. The minimum Gasteiger partial charge on any atom is -0.480 e. The second-order valence-electron chi connectivity index (χ2n) is 12.3. The summed E-state index contributed by atoms with van der Waals surface area (Å²) < 4.78 is 52.1. The maximum absolute atomic E-state index is 15.0. The molecule has 0 aliphatic carbocycles. The van der Waals surface area contributed by atoms with E-state index in [1.165, 1.54) is 16.8 Å². The summed E-state index contributed by atoms with van der Waals surface area (Å²) in [5.74, 6) is -1.13. The minimum absolute atomic E-state index is 0.0510. The molecule has 2 saturated heterocycles. The Kier molecular flexibility index (Phi) is 9.22. The van der Waals surface area contributed by atoms with Crippen LogP contribution in [-0.2, 0) is 4.79 Å². The minimum atomic E-state index is -4.88. The number of aryl methyl sites for hydroxylation is 1. The first-order valence-electron chi connectivity index (χ1n) is 15.5. The molecule has 48 heavy (non-hydrogen) atoms. The zero-order valence-electron chi connectivity index (χ0n) is 26.1. The topological polar surface area (TPSA) is 131 Å². The molecule has 4 aromatic rings. The van der Waals surface area contributed by atoms with Gasteiger partial charge in [0, 0.05) is 37.0 Å². The molecule has 2 aromatic heterocycles. The van der Waals surface area contributed by atoms with E-state index in [0.29, 0.717) is 60.0 Å². The van der Waals surface area contributed by atoms with Crippen molar-refractivity contribution in [2.24, 2.45) is 5.41 Å². The van der Waals surface area contributed by atoms with Crippen LogP contribution in [0.1, 0.15) is 50.0 Å². The molecule has 2 aliphatic rings. The monoisotopic (exact) mass is 703 g/mol. The number of nitrogens with one attached hydrogen (secondary N) is 1. The maximum Gasteiger partial charge on any atom is 0.429 e. The second kappa shape index (κ2) is 13.1. The molecule has 15 heteroatoms. The van der Waals surface area contributed by atoms with Crippen molar-refractivity contribution in [1.82, 2.24) is 25.1 Å². The number of aliphatic carboxylic acids is 1. The quantitative estimate of drug-likeness (QED) is 0.177. The zero-order chi connectivity index (χ0) is 34.4. The van der Waals surface area contributed by atoms with Crippen LogP contribution in [-0.4, -0.2) is 62.2 Å². The normalized spacial score (nSPS) is 19.9. The Morgan fingerprint density at radius 1 is 1.10 bits per heavy atom. The number of carbonyl (C=O) groups is 1. The number of rotatable bonds is 8. The van der Waals surface area contributed by atoms with Crippen molar-refractivity contribution >= 4 is 40.9 Å². The van der Waals surface area contributed by atoms with E-state index >= 15 is 13.2 Å². The van der Waals surface area contributed by atoms with Gasteiger partial charge in [0.15, 0.2) is 0 Å². The predicted molar refractivity (Wildman–Crippen MR) is 177 cm³/mol. The number of carboxylic acid groups (broad SMARTS) is 1. The first kappa shape index (κ1) is 33.8. The van der Waals surface area contributed by atoms with E-state index in [1.54, 1.807) is 49.5 Å². The largest absolute Gasteiger partial charge is 0.480 e. The lowest BCUT2D eigenvalue weighted by Gasteiger charge is -2.43. The van der Waals surface area contributed by atoms with Crippen molar-refractivity contribution in [2.75, 3.05) is 23.7 Å². The van der Waals surface area contributed by atoms with Crippen LogP contribution in [0.4, 0.5) is 24.9 Å². The highest BCUT2D eigenvalue weighted by molar-refractivity contribution is 6.42. The number of alkyl halides is 3. The fourth-order valence-electron chi connectivity index (χ4n) is 6.93. The number of anilines is 2. The number of benzene rings is 2. The third-order valence-corrected chi connectivity index (χ3v) is 10.1. The smallest absolute Gasteiger partial charge is 0.429 e. The lowest BCUT2D eigenvalue weighted by molar-refractivity contribution is -0.198. The summed E-state index contributed by atoms with van der Waals surface area (Å²) >= 11 is 12.3. The van der Waals surface area contributed by atoms with Gasteiger partial charge in [-0.05, 0) is 79.5 Å². The number of nitrogen functional groups attached to an aromatic ring is 1. The van der Waals surface area contributed by atoms with E-state index in [1.807, 2.05) is 11.8 Å². The second-order valence-corrected chi connectivity index (χ2v) is 13.2. The Bertz CT molecular complexity index is 1830. The molecule has 0 radical (unpaired) electrons. The summed E-state index contributed by atoms with van der Waals surface area (Å²) in [6.07, 6.45) is -3.10. The van der Waals surface area contributed by atoms with Gasteiger partial charge >= 0.3 is 12.1 Å². The lowest BCUT2D eigenvalue weighted by Crippen LogP contribution is -2.46. The molecule has 0 amide bonds. The van der Waals surface area contributed by atoms with Gasteiger partial charge in [-0.15, -0.1) is 0 Å². The van der Waals surface area contributed by atoms with Gasteiger partial charge in [0.25, 0.3) is 0 Å². The van der Waals surface area contributed by atoms with E-state index in [2.05, 4.69) is 20.4 Å². The summed E-state index contributed by atoms with van der Waals surface area (Å²) in [4.78, 5) is 22.0. The molecule has 2 unspecified atom stereocenters. The molecule has 4 heterocycles. The number of piperidine rings is 1. The van der Waals surface area contributed by atoms with Gasteiger partial charge in [-0.1, -0.05) is 42.3 Å². The molecule has 4 N–H and O–H groups in total. The van der Waals surface area contributed by atoms with Gasteiger partial charge in [0.2, 0.25) is 17.9 Å². The highest BCUT2D eigenvalue weighted by Crippen LogP contribution is 2.46. The average Bonchev–Trinajstić information content (AvgIpc) is 3.64. The molecule has 6 rings (SSSR count). The standard InChI is InChI=1S/C33H34Cl2F3N7O3/c1-3-26-32(17-24(40-26)30(46)47)9-12-44(13-10-32)27-16-28(42-31(39)41-27)48-29(33(36,37)38)21-14-19(20-4-6-22(34)23(35)15-20)5-7-25(21)45-11-8-18(2)43-45/h4-8,11,14-16,24,26,29,40H,3,9-10,12-13,17H2,1-2H3,(H,46,47)(H2,39,41,42)/t24?,26?,29-/m1/s1. The van der Waals surface area contributed by atoms with Crippen LogP contribution < -0.4 is 20.7 Å². The van der Waals surface area contributed by atoms with Gasteiger partial charge < -0.3 is 25.8 Å². The van der Waals surface area contributed by atoms with E-state index in [-0.39, 0.29) is 39.6 Å². The van der Waals surface area contributed by atoms with Crippen LogP contribution in [0.5, 0.6) is 5.88 Å². The molecule has 2 aliphatic heterocycles. The fraction of sp³-hybridized carbons (Fsp3) is 0.394. The third kappa shape index (κ3) is 6.76. The highest BCUT2D eigenvalue weighted by atomic mass is 35.5. The van der Waals surface area contributed by atoms with Crippen molar-refractivity contribution in [1.29, 1.82) is 0 Å². The molecule has 10 nitrogen and oxygen atoms in total. The Hall–Kier alpha value is -4.07. The molecule has 3 atom stereocenters. The first-order valence-corrected chi connectivity index (χ1v) is 16.3. The molecule has 1 spiro atoms. The van der Waals surface area contributed by atoms with Crippen LogP contribution >= 0.6 is 23.2 Å². The Morgan fingerprint density at radius 3 is 2.44 bits per heavy atom. The summed E-state index contributed by atoms with van der Waals surface area (Å²) in [6, 6.07) is 11.9. The number of ether oxygens (including phenoxy) is 1. The Labute approximate surface area is 285 Å². The molecule has 0 saturated carbocycles. The van der Waals surface area contributed by atoms with Crippen LogP contribution in [0.15, 0.2) is 54.7 Å². The SMILES string of the molecule is CCC1NC(C(=O)O)CC12CCN(c1cc(O[C@H](c3cc(-c4ccc(Cl)c(Cl)c4)ccc3-n3ccc(C)n3)C(F)(F)F)nc(N)n1)CC2. The van der Waals surface area contributed by atoms with E-state index < -0.39 is 24.3 Å². The van der Waals surface area contributed by atoms with Crippen LogP contribution in [0.2, 0.25) is 10.0 Å². The van der Waals surface area contributed by atoms with Gasteiger partial charge in [-0.25, -0.2) is 4.68 Å². The summed E-state index contributed by atoms with van der Waals surface area (Å²) in [5.41, 5.74) is 7.41. The zero-order valence-corrected chi connectivity index (χ0v) is 27.6. The number of nitrogens with zero attached hydrogens (tertiary/aromatic N) is 5. The van der Waals surface area contributed by atoms with Crippen LogP contribution in [0.25, 0.3) is 16.8 Å². The van der Waals surface area contributed by atoms with Crippen molar-refractivity contribution < 1.29 is 27.8 Å². The number of aromatic nitrogens is 4. The number of hydrogen-bond acceptors (Lipinski definition) is 8. The fourth-order valence-corrected chi connectivity index (χ4v) is 7.23. The van der Waals surface area contributed by atoms with Crippen molar-refractivity contribution in [3.05, 3.63) is 76.0 Å². The van der Waals surface area contributed by atoms with Crippen LogP contribution in [0, 0.1) is 12.3 Å². The van der Waals surface area contributed by atoms with Gasteiger partial charge in [-0.3, -0.25) is 4.79 Å².